The number of hydrogen-bond donors (Lipinski definition) is 5. The molecule has 1 aliphatic rings. The second-order valence-corrected chi connectivity index (χ2v) is 10.6. The maximum Gasteiger partial charge on any atom is 0.265 e. The van der Waals surface area contributed by atoms with Crippen molar-refractivity contribution in [3.63, 3.8) is 0 Å². The van der Waals surface area contributed by atoms with E-state index in [-0.39, 0.29) is 5.82 Å². The Labute approximate surface area is 220 Å². The second kappa shape index (κ2) is 10.0. The summed E-state index contributed by atoms with van der Waals surface area (Å²) in [4.78, 5) is 26.1. The highest BCUT2D eigenvalue weighted by Gasteiger charge is 2.34. The van der Waals surface area contributed by atoms with E-state index in [1.807, 2.05) is 0 Å². The van der Waals surface area contributed by atoms with Crippen molar-refractivity contribution in [1.29, 1.82) is 5.41 Å². The Bertz CT molecular complexity index is 1650. The number of aliphatic hydroxyl groups is 1. The van der Waals surface area contributed by atoms with Crippen LogP contribution in [0.2, 0.25) is 0 Å². The summed E-state index contributed by atoms with van der Waals surface area (Å²) in [6, 6.07) is 11.3. The number of amidine groups is 1. The molecule has 13 heteroatoms. The minimum absolute atomic E-state index is 0.260. The fourth-order valence-corrected chi connectivity index (χ4v) is 4.84. The van der Waals surface area contributed by atoms with Gasteiger partial charge in [-0.1, -0.05) is 18.2 Å². The van der Waals surface area contributed by atoms with Gasteiger partial charge in [-0.2, -0.15) is 0 Å². The number of benzene rings is 3. The quantitative estimate of drug-likeness (QED) is 0.0737. The number of carbonyl (C=O) groups is 2. The molecule has 0 atom stereocenters. The molecule has 0 bridgehead atoms. The van der Waals surface area contributed by atoms with E-state index in [0.29, 0.717) is 23.5 Å². The van der Waals surface area contributed by atoms with E-state index in [1.165, 1.54) is 0 Å². The molecular formula is C26H21F3N4O5S. The summed E-state index contributed by atoms with van der Waals surface area (Å²) in [5, 5.41) is 23.2. The topological polar surface area (TPSA) is 148 Å². The molecule has 3 aromatic carbocycles. The van der Waals surface area contributed by atoms with E-state index < -0.39 is 72.1 Å². The summed E-state index contributed by atoms with van der Waals surface area (Å²) in [5.41, 5.74) is -3.56. The van der Waals surface area contributed by atoms with Crippen LogP contribution in [0.5, 0.6) is 0 Å². The first-order valence-corrected chi connectivity index (χ1v) is 12.7. The van der Waals surface area contributed by atoms with Gasteiger partial charge in [-0.05, 0) is 56.3 Å². The molecule has 0 spiro atoms. The van der Waals surface area contributed by atoms with E-state index in [9.17, 15) is 31.9 Å². The lowest BCUT2D eigenvalue weighted by Gasteiger charge is -2.20. The molecular weight excluding hydrogens is 537 g/mol. The Hall–Kier alpha value is -4.49. The molecule has 0 aromatic heterocycles. The van der Waals surface area contributed by atoms with Crippen molar-refractivity contribution in [2.75, 3.05) is 10.6 Å². The number of fused-ring (bicyclic) bond motifs is 1. The Morgan fingerprint density at radius 2 is 1.49 bits per heavy atom. The minimum atomic E-state index is -4.81. The molecule has 0 amide bonds. The molecule has 39 heavy (non-hydrogen) atoms. The van der Waals surface area contributed by atoms with Crippen molar-refractivity contribution in [1.82, 2.24) is 4.72 Å². The van der Waals surface area contributed by atoms with Crippen LogP contribution in [0.15, 0.2) is 77.0 Å². The van der Waals surface area contributed by atoms with E-state index >= 15 is 4.39 Å². The van der Waals surface area contributed by atoms with Crippen LogP contribution < -0.4 is 15.4 Å². The molecule has 0 aliphatic carbocycles. The molecule has 0 unspecified atom stereocenters. The number of carbonyl (C=O) groups excluding carboxylic acids is 2. The molecule has 0 radical (unpaired) electrons. The molecule has 9 nitrogen and oxygen atoms in total. The second-order valence-electron chi connectivity index (χ2n) is 8.99. The number of hydrogen-bond acceptors (Lipinski definition) is 8. The molecule has 202 valence electrons. The van der Waals surface area contributed by atoms with Crippen LogP contribution >= 0.6 is 0 Å². The molecule has 4 rings (SSSR count). The van der Waals surface area contributed by atoms with Gasteiger partial charge >= 0.3 is 0 Å². The van der Waals surface area contributed by atoms with Crippen LogP contribution in [0, 0.1) is 22.9 Å². The van der Waals surface area contributed by atoms with E-state index in [0.717, 1.165) is 38.1 Å². The van der Waals surface area contributed by atoms with Gasteiger partial charge in [0.25, 0.3) is 10.0 Å². The number of anilines is 2. The third kappa shape index (κ3) is 5.40. The number of allylic oxidation sites excluding steroid dienone is 1. The summed E-state index contributed by atoms with van der Waals surface area (Å²) in [6.07, 6.45) is 0. The van der Waals surface area contributed by atoms with Crippen LogP contribution in [-0.4, -0.2) is 36.5 Å². The molecule has 3 aromatic rings. The molecule has 1 aliphatic heterocycles. The first-order chi connectivity index (χ1) is 18.2. The third-order valence-electron chi connectivity index (χ3n) is 5.67. The molecule has 0 fully saturated rings. The van der Waals surface area contributed by atoms with E-state index in [1.54, 1.807) is 29.0 Å². The Kier molecular flexibility index (Phi) is 7.06. The van der Waals surface area contributed by atoms with E-state index in [4.69, 9.17) is 5.41 Å². The lowest BCUT2D eigenvalue weighted by molar-refractivity contribution is 0.0956. The van der Waals surface area contributed by atoms with Crippen LogP contribution in [0.25, 0.3) is 0 Å². The van der Waals surface area contributed by atoms with Crippen molar-refractivity contribution < 1.29 is 36.3 Å². The fourth-order valence-electron chi connectivity index (χ4n) is 3.61. The van der Waals surface area contributed by atoms with Gasteiger partial charge in [0.1, 0.15) is 39.4 Å². The molecule has 5 N–H and O–H groups in total. The maximum atomic E-state index is 15.6. The Morgan fingerprint density at radius 3 is 2.08 bits per heavy atom. The summed E-state index contributed by atoms with van der Waals surface area (Å²) in [5.74, 6) is -7.44. The van der Waals surface area contributed by atoms with Gasteiger partial charge in [0.15, 0.2) is 5.82 Å². The zero-order chi connectivity index (χ0) is 28.7. The lowest BCUT2D eigenvalue weighted by atomic mass is 9.94. The highest BCUT2D eigenvalue weighted by Crippen LogP contribution is 2.33. The minimum Gasteiger partial charge on any atom is -0.383 e. The Morgan fingerprint density at radius 1 is 0.897 bits per heavy atom. The smallest absolute Gasteiger partial charge is 0.265 e. The standard InChI is InChI=1S/C26H21F3N4O5S/c1-26(2,36)25(30)33-39(37,38)19-9-5-6-14(21(19)29)22(34)20(23(35)15-12-13(27)10-11-16(15)28)24-31-17-7-3-4-8-18(17)32-24/h3-12,31-32,36H,1-2H3,(H2,30,33). The number of Topliss-reactive ketones (excluding diaryl/α,β-unsaturated/α-hetero) is 2. The lowest BCUT2D eigenvalue weighted by Crippen LogP contribution is -2.44. The largest absolute Gasteiger partial charge is 0.383 e. The van der Waals surface area contributed by atoms with Gasteiger partial charge in [0.2, 0.25) is 11.6 Å². The van der Waals surface area contributed by atoms with Crippen LogP contribution in [0.1, 0.15) is 34.6 Å². The molecule has 0 saturated heterocycles. The fraction of sp³-hybridized carbons (Fsp3) is 0.115. The summed E-state index contributed by atoms with van der Waals surface area (Å²) in [6.45, 7) is 2.26. The molecule has 0 saturated carbocycles. The number of sulfonamides is 1. The normalized spacial score (nSPS) is 12.7. The van der Waals surface area contributed by atoms with Crippen molar-refractivity contribution in [2.24, 2.45) is 0 Å². The number of nitrogens with one attached hydrogen (secondary N) is 4. The number of para-hydroxylation sites is 2. The van der Waals surface area contributed by atoms with Gasteiger partial charge in [0.05, 0.1) is 22.5 Å². The summed E-state index contributed by atoms with van der Waals surface area (Å²) >= 11 is 0. The van der Waals surface area contributed by atoms with Gasteiger partial charge in [-0.25, -0.2) is 21.6 Å². The Balaban J connectivity index is 1.85. The van der Waals surface area contributed by atoms with Crippen molar-refractivity contribution in [3.05, 3.63) is 101 Å². The van der Waals surface area contributed by atoms with Crippen molar-refractivity contribution in [3.8, 4) is 0 Å². The highest BCUT2D eigenvalue weighted by atomic mass is 32.2. The van der Waals surface area contributed by atoms with Gasteiger partial charge in [-0.3, -0.25) is 19.7 Å². The first-order valence-electron chi connectivity index (χ1n) is 11.2. The van der Waals surface area contributed by atoms with Crippen LogP contribution in [0.3, 0.4) is 0 Å². The molecule has 1 heterocycles. The van der Waals surface area contributed by atoms with Gasteiger partial charge in [-0.15, -0.1) is 0 Å². The summed E-state index contributed by atoms with van der Waals surface area (Å²) < 4.78 is 71.4. The van der Waals surface area contributed by atoms with Crippen molar-refractivity contribution >= 4 is 38.8 Å². The maximum absolute atomic E-state index is 15.6. The monoisotopic (exact) mass is 558 g/mol. The average Bonchev–Trinajstić information content (AvgIpc) is 3.28. The zero-order valence-corrected chi connectivity index (χ0v) is 21.2. The zero-order valence-electron chi connectivity index (χ0n) is 20.4. The highest BCUT2D eigenvalue weighted by molar-refractivity contribution is 7.90. The summed E-state index contributed by atoms with van der Waals surface area (Å²) in [7, 11) is -4.81. The first kappa shape index (κ1) is 27.5. The van der Waals surface area contributed by atoms with Crippen molar-refractivity contribution in [2.45, 2.75) is 24.3 Å². The van der Waals surface area contributed by atoms with Gasteiger partial charge < -0.3 is 15.7 Å². The third-order valence-corrected chi connectivity index (χ3v) is 7.04. The number of ketones is 2. The predicted octanol–water partition coefficient (Wildman–Crippen LogP) is 3.95. The predicted molar refractivity (Wildman–Crippen MR) is 136 cm³/mol. The van der Waals surface area contributed by atoms with Crippen LogP contribution in [-0.2, 0) is 10.0 Å². The number of rotatable bonds is 7. The van der Waals surface area contributed by atoms with E-state index in [2.05, 4.69) is 10.6 Å². The number of halogens is 3. The van der Waals surface area contributed by atoms with Gasteiger partial charge in [0, 0.05) is 0 Å². The SMILES string of the molecule is CC(C)(O)C(=N)NS(=O)(=O)c1cccc(C(=O)C(C(=O)c2cc(F)ccc2F)=C2Nc3ccccc3N2)c1F. The average molecular weight is 559 g/mol. The van der Waals surface area contributed by atoms with Crippen LogP contribution in [0.4, 0.5) is 24.5 Å².